The summed E-state index contributed by atoms with van der Waals surface area (Å²) < 4.78 is 52.9. The lowest BCUT2D eigenvalue weighted by atomic mass is 9.98. The monoisotopic (exact) mass is 444 g/mol. The Balaban J connectivity index is 1.65. The van der Waals surface area contributed by atoms with E-state index >= 15 is 0 Å². The molecule has 2 aromatic heterocycles. The first-order valence-corrected chi connectivity index (χ1v) is 9.55. The van der Waals surface area contributed by atoms with E-state index in [0.717, 1.165) is 29.2 Å². The minimum atomic E-state index is -4.50. The van der Waals surface area contributed by atoms with Crippen LogP contribution >= 0.6 is 0 Å². The number of hydrogen-bond donors (Lipinski definition) is 1. The summed E-state index contributed by atoms with van der Waals surface area (Å²) in [5.41, 5.74) is 0.244. The quantitative estimate of drug-likeness (QED) is 0.480. The fraction of sp³-hybridized carbons (Fsp3) is 0.182. The molecule has 3 aromatic rings. The predicted molar refractivity (Wildman–Crippen MR) is 108 cm³/mol. The van der Waals surface area contributed by atoms with Crippen molar-refractivity contribution < 1.29 is 27.2 Å². The number of amides is 2. The van der Waals surface area contributed by atoms with Crippen LogP contribution < -0.4 is 10.2 Å². The molecule has 0 aliphatic carbocycles. The summed E-state index contributed by atoms with van der Waals surface area (Å²) in [6, 6.07) is 8.58. The number of rotatable bonds is 3. The zero-order chi connectivity index (χ0) is 23.0. The van der Waals surface area contributed by atoms with Crippen molar-refractivity contribution in [2.75, 3.05) is 16.8 Å². The van der Waals surface area contributed by atoms with Gasteiger partial charge < -0.3 is 10.2 Å². The maximum absolute atomic E-state index is 14.7. The van der Waals surface area contributed by atoms with Gasteiger partial charge in [-0.1, -0.05) is 6.07 Å². The van der Waals surface area contributed by atoms with Gasteiger partial charge in [-0.3, -0.25) is 14.6 Å². The molecule has 1 aliphatic rings. The number of hydrogen-bond acceptors (Lipinski definition) is 4. The number of nitrogens with one attached hydrogen (secondary N) is 1. The van der Waals surface area contributed by atoms with Crippen molar-refractivity contribution in [2.45, 2.75) is 19.0 Å². The van der Waals surface area contributed by atoms with E-state index in [-0.39, 0.29) is 16.9 Å². The molecule has 0 fully saturated rings. The number of carbonyl (C=O) groups is 2. The topological polar surface area (TPSA) is 75.2 Å². The zero-order valence-electron chi connectivity index (χ0n) is 16.7. The highest BCUT2D eigenvalue weighted by Gasteiger charge is 2.35. The Kier molecular flexibility index (Phi) is 5.37. The van der Waals surface area contributed by atoms with Gasteiger partial charge in [0.1, 0.15) is 6.54 Å². The van der Waals surface area contributed by atoms with Gasteiger partial charge in [0, 0.05) is 23.6 Å². The van der Waals surface area contributed by atoms with Crippen molar-refractivity contribution in [3.8, 4) is 11.1 Å². The highest BCUT2D eigenvalue weighted by molar-refractivity contribution is 6.09. The minimum Gasteiger partial charge on any atom is -0.325 e. The molecule has 32 heavy (non-hydrogen) atoms. The lowest BCUT2D eigenvalue weighted by Gasteiger charge is -2.24. The summed E-state index contributed by atoms with van der Waals surface area (Å²) in [7, 11) is 0. The number of pyridine rings is 2. The number of alkyl halides is 3. The fourth-order valence-corrected chi connectivity index (χ4v) is 3.59. The lowest BCUT2D eigenvalue weighted by molar-refractivity contribution is -0.137. The molecule has 3 heterocycles. The molecule has 10 heteroatoms. The summed E-state index contributed by atoms with van der Waals surface area (Å²) in [6.07, 6.45) is -1.82. The molecule has 0 bridgehead atoms. The summed E-state index contributed by atoms with van der Waals surface area (Å²) in [6.45, 7) is 1.13. The van der Waals surface area contributed by atoms with Gasteiger partial charge in [-0.15, -0.1) is 0 Å². The maximum atomic E-state index is 14.7. The largest absolute Gasteiger partial charge is 0.416 e. The summed E-state index contributed by atoms with van der Waals surface area (Å²) >= 11 is 0. The van der Waals surface area contributed by atoms with E-state index in [4.69, 9.17) is 0 Å². The van der Waals surface area contributed by atoms with Crippen LogP contribution in [-0.4, -0.2) is 28.3 Å². The molecule has 1 aromatic carbocycles. The van der Waals surface area contributed by atoms with Crippen molar-refractivity contribution >= 4 is 23.2 Å². The van der Waals surface area contributed by atoms with Crippen LogP contribution in [0.25, 0.3) is 11.1 Å². The molecular weight excluding hydrogens is 428 g/mol. The van der Waals surface area contributed by atoms with Crippen LogP contribution in [0.3, 0.4) is 0 Å². The van der Waals surface area contributed by atoms with E-state index in [1.54, 1.807) is 19.1 Å². The highest BCUT2D eigenvalue weighted by atomic mass is 19.4. The number of aromatic nitrogens is 2. The number of halogens is 4. The molecule has 0 saturated carbocycles. The smallest absolute Gasteiger partial charge is 0.325 e. The Morgan fingerprint density at radius 2 is 1.81 bits per heavy atom. The fourth-order valence-electron chi connectivity index (χ4n) is 3.59. The van der Waals surface area contributed by atoms with Crippen LogP contribution in [0.15, 0.2) is 54.9 Å². The lowest BCUT2D eigenvalue weighted by Crippen LogP contribution is -2.40. The van der Waals surface area contributed by atoms with Gasteiger partial charge in [0.05, 0.1) is 28.4 Å². The minimum absolute atomic E-state index is 0.0515. The second kappa shape index (κ2) is 8.03. The normalized spacial score (nSPS) is 15.6. The van der Waals surface area contributed by atoms with E-state index in [0.29, 0.717) is 11.3 Å². The molecule has 164 valence electrons. The number of fused-ring (bicyclic) bond motifs is 3. The molecule has 1 N–H and O–H groups in total. The van der Waals surface area contributed by atoms with E-state index in [9.17, 15) is 27.2 Å². The summed E-state index contributed by atoms with van der Waals surface area (Å²) in [4.78, 5) is 34.8. The predicted octanol–water partition coefficient (Wildman–Crippen LogP) is 4.39. The van der Waals surface area contributed by atoms with Crippen LogP contribution in [0.5, 0.6) is 0 Å². The highest BCUT2D eigenvalue weighted by Crippen LogP contribution is 2.40. The third kappa shape index (κ3) is 3.91. The standard InChI is InChI=1S/C22H16F4N4O2/c1-12-19-15(3-2-9-27-19)18-16(8-10-28-20(18)23)30(21(12)32)11-17(31)29-14-6-4-13(5-7-14)22(24,25)26/h2-10,12H,11H2,1H3,(H,29,31)/t12-/m0/s1. The average Bonchev–Trinajstić information content (AvgIpc) is 2.84. The second-order valence-corrected chi connectivity index (χ2v) is 7.20. The number of benzene rings is 1. The van der Waals surface area contributed by atoms with E-state index in [2.05, 4.69) is 15.3 Å². The Morgan fingerprint density at radius 3 is 2.50 bits per heavy atom. The molecule has 1 aliphatic heterocycles. The number of anilines is 2. The molecule has 1 atom stereocenters. The summed E-state index contributed by atoms with van der Waals surface area (Å²) in [5, 5.41) is 2.47. The number of nitrogens with zero attached hydrogens (tertiary/aromatic N) is 3. The van der Waals surface area contributed by atoms with Crippen molar-refractivity contribution in [1.82, 2.24) is 9.97 Å². The van der Waals surface area contributed by atoms with Gasteiger partial charge in [-0.25, -0.2) is 4.98 Å². The zero-order valence-corrected chi connectivity index (χ0v) is 16.7. The molecule has 2 amide bonds. The van der Waals surface area contributed by atoms with Crippen LogP contribution in [0.4, 0.5) is 28.9 Å². The van der Waals surface area contributed by atoms with Gasteiger partial charge in [0.25, 0.3) is 0 Å². The maximum Gasteiger partial charge on any atom is 0.416 e. The van der Waals surface area contributed by atoms with Crippen molar-refractivity contribution in [2.24, 2.45) is 0 Å². The first-order valence-electron chi connectivity index (χ1n) is 9.55. The molecule has 0 unspecified atom stereocenters. The van der Waals surface area contributed by atoms with Gasteiger partial charge in [0.2, 0.25) is 17.8 Å². The Bertz CT molecular complexity index is 1200. The van der Waals surface area contributed by atoms with Crippen LogP contribution in [0.1, 0.15) is 24.1 Å². The van der Waals surface area contributed by atoms with Crippen LogP contribution in [-0.2, 0) is 15.8 Å². The second-order valence-electron chi connectivity index (χ2n) is 7.20. The van der Waals surface area contributed by atoms with Gasteiger partial charge >= 0.3 is 6.18 Å². The molecule has 0 saturated heterocycles. The van der Waals surface area contributed by atoms with Crippen LogP contribution in [0, 0.1) is 5.95 Å². The Morgan fingerprint density at radius 1 is 1.09 bits per heavy atom. The first-order chi connectivity index (χ1) is 15.2. The molecule has 0 radical (unpaired) electrons. The molecule has 6 nitrogen and oxygen atoms in total. The molecule has 0 spiro atoms. The van der Waals surface area contributed by atoms with Crippen molar-refractivity contribution in [1.29, 1.82) is 0 Å². The SMILES string of the molecule is C[C@@H]1C(=O)N(CC(=O)Nc2ccc(C(F)(F)F)cc2)c2ccnc(F)c2-c2cccnc21. The van der Waals surface area contributed by atoms with Crippen molar-refractivity contribution in [3.63, 3.8) is 0 Å². The van der Waals surface area contributed by atoms with E-state index < -0.39 is 42.0 Å². The van der Waals surface area contributed by atoms with Gasteiger partial charge in [-0.2, -0.15) is 17.6 Å². The van der Waals surface area contributed by atoms with E-state index in [1.807, 2.05) is 0 Å². The molecular formula is C22H16F4N4O2. The Labute approximate surface area is 179 Å². The third-order valence-corrected chi connectivity index (χ3v) is 5.13. The average molecular weight is 444 g/mol. The molecule has 4 rings (SSSR count). The summed E-state index contributed by atoms with van der Waals surface area (Å²) in [5.74, 6) is -2.71. The van der Waals surface area contributed by atoms with Crippen LogP contribution in [0.2, 0.25) is 0 Å². The van der Waals surface area contributed by atoms with Gasteiger partial charge in [-0.05, 0) is 43.3 Å². The first kappa shape index (κ1) is 21.4. The third-order valence-electron chi connectivity index (χ3n) is 5.13. The number of carbonyl (C=O) groups excluding carboxylic acids is 2. The Hall–Kier alpha value is -3.82. The van der Waals surface area contributed by atoms with Gasteiger partial charge in [0.15, 0.2) is 0 Å². The van der Waals surface area contributed by atoms with E-state index in [1.165, 1.54) is 18.5 Å². The van der Waals surface area contributed by atoms with Crippen molar-refractivity contribution in [3.05, 3.63) is 72.1 Å².